The van der Waals surface area contributed by atoms with Crippen LogP contribution in [-0.2, 0) is 0 Å². The first-order valence-electron chi connectivity index (χ1n) is 3.69. The van der Waals surface area contributed by atoms with E-state index in [0.29, 0.717) is 0 Å². The van der Waals surface area contributed by atoms with Gasteiger partial charge in [0, 0.05) is 5.92 Å². The summed E-state index contributed by atoms with van der Waals surface area (Å²) in [5.41, 5.74) is 3.84. The zero-order chi connectivity index (χ0) is 4.88. The van der Waals surface area contributed by atoms with E-state index in [9.17, 15) is 0 Å². The topological polar surface area (TPSA) is 0 Å². The first-order chi connectivity index (χ1) is 3.97. The Morgan fingerprint density at radius 1 is 1.38 bits per heavy atom. The van der Waals surface area contributed by atoms with Crippen molar-refractivity contribution in [3.63, 3.8) is 0 Å². The molecule has 0 aromatic heterocycles. The Kier molecular flexibility index (Phi) is 0.217. The minimum absolute atomic E-state index is 1.14. The Bertz CT molecular complexity index is 218. The van der Waals surface area contributed by atoms with Gasteiger partial charge in [-0.3, -0.25) is 0 Å². The molecule has 4 atom stereocenters. The maximum Gasteiger partial charge on any atom is 0.00526 e. The first-order valence-corrected chi connectivity index (χ1v) is 3.69. The molecule has 0 heteroatoms. The van der Waals surface area contributed by atoms with Gasteiger partial charge >= 0.3 is 0 Å². The number of hydrogen-bond donors (Lipinski definition) is 0. The van der Waals surface area contributed by atoms with Gasteiger partial charge in [0.05, 0.1) is 0 Å². The molecule has 0 aliphatic heterocycles. The van der Waals surface area contributed by atoms with E-state index in [0.717, 1.165) is 11.8 Å². The largest absolute Gasteiger partial charge is 0.0623 e. The number of rotatable bonds is 0. The lowest BCUT2D eigenvalue weighted by molar-refractivity contribution is 0.0509. The third-order valence-electron chi connectivity index (χ3n) is 3.83. The molecule has 0 N–H and O–H groups in total. The zero-order valence-electron chi connectivity index (χ0n) is 4.72. The van der Waals surface area contributed by atoms with Crippen LogP contribution in [0.3, 0.4) is 0 Å². The van der Waals surface area contributed by atoms with E-state index in [2.05, 4.69) is 0 Å². The number of allylic oxidation sites excluding steroid dienone is 2. The van der Waals surface area contributed by atoms with E-state index in [1.54, 1.807) is 6.42 Å². The van der Waals surface area contributed by atoms with E-state index >= 15 is 0 Å². The molecule has 8 heavy (non-hydrogen) atoms. The molecule has 3 saturated carbocycles. The van der Waals surface area contributed by atoms with Crippen LogP contribution in [0.2, 0.25) is 0 Å². The van der Waals surface area contributed by atoms with Gasteiger partial charge in [0.15, 0.2) is 0 Å². The lowest BCUT2D eigenvalue weighted by atomic mass is 9.54. The average molecular weight is 104 g/mol. The van der Waals surface area contributed by atoms with Crippen molar-refractivity contribution >= 4 is 0 Å². The molecule has 0 radical (unpaired) electrons. The molecule has 40 valence electrons. The summed E-state index contributed by atoms with van der Waals surface area (Å²) in [5, 5.41) is 0. The average Bonchev–Trinajstić information content (AvgIpc) is 2.32. The van der Waals surface area contributed by atoms with E-state index in [1.807, 2.05) is 11.1 Å². The quantitative estimate of drug-likeness (QED) is 0.409. The van der Waals surface area contributed by atoms with Gasteiger partial charge in [0.2, 0.25) is 0 Å². The molecule has 4 aliphatic carbocycles. The highest BCUT2D eigenvalue weighted by molar-refractivity contribution is 5.59. The van der Waals surface area contributed by atoms with Gasteiger partial charge in [0.1, 0.15) is 0 Å². The second-order valence-electron chi connectivity index (χ2n) is 3.84. The van der Waals surface area contributed by atoms with Crippen LogP contribution in [0.15, 0.2) is 11.1 Å². The third-order valence-corrected chi connectivity index (χ3v) is 3.83. The van der Waals surface area contributed by atoms with Crippen LogP contribution in [-0.4, -0.2) is 0 Å². The van der Waals surface area contributed by atoms with Crippen molar-refractivity contribution in [2.75, 3.05) is 0 Å². The summed E-state index contributed by atoms with van der Waals surface area (Å²) in [6.45, 7) is 0. The summed E-state index contributed by atoms with van der Waals surface area (Å²) in [5.74, 6) is 4.71. The minimum Gasteiger partial charge on any atom is -0.0623 e. The smallest absolute Gasteiger partial charge is 0.00526 e. The van der Waals surface area contributed by atoms with Gasteiger partial charge in [-0.05, 0) is 30.6 Å². The molecule has 0 amide bonds. The Morgan fingerprint density at radius 3 is 2.62 bits per heavy atom. The van der Waals surface area contributed by atoms with Crippen molar-refractivity contribution in [2.24, 2.45) is 23.7 Å². The van der Waals surface area contributed by atoms with E-state index in [4.69, 9.17) is 0 Å². The highest BCUT2D eigenvalue weighted by atomic mass is 14.8. The summed E-state index contributed by atoms with van der Waals surface area (Å²) in [6, 6.07) is 0. The molecule has 0 aromatic rings. The van der Waals surface area contributed by atoms with E-state index < -0.39 is 0 Å². The third kappa shape index (κ3) is 0.113. The van der Waals surface area contributed by atoms with E-state index in [1.165, 1.54) is 18.3 Å². The predicted octanol–water partition coefficient (Wildman–Crippen LogP) is 1.58. The van der Waals surface area contributed by atoms with Crippen molar-refractivity contribution in [1.29, 1.82) is 0 Å². The fraction of sp³-hybridized carbons (Fsp3) is 0.750. The minimum atomic E-state index is 1.14. The van der Waals surface area contributed by atoms with Gasteiger partial charge in [-0.2, -0.15) is 0 Å². The maximum atomic E-state index is 1.93. The van der Waals surface area contributed by atoms with Crippen LogP contribution >= 0.6 is 0 Å². The summed E-state index contributed by atoms with van der Waals surface area (Å²) in [7, 11) is 0. The molecule has 4 rings (SSSR count). The molecule has 4 unspecified atom stereocenters. The van der Waals surface area contributed by atoms with Crippen molar-refractivity contribution in [3.8, 4) is 0 Å². The molecule has 0 heterocycles. The fourth-order valence-electron chi connectivity index (χ4n) is 3.46. The summed E-state index contributed by atoms with van der Waals surface area (Å²) in [6.07, 6.45) is 3.11. The Labute approximate surface area is 48.6 Å². The van der Waals surface area contributed by atoms with Crippen LogP contribution in [0.5, 0.6) is 0 Å². The summed E-state index contributed by atoms with van der Waals surface area (Å²) < 4.78 is 0. The van der Waals surface area contributed by atoms with Gasteiger partial charge in [-0.25, -0.2) is 0 Å². The van der Waals surface area contributed by atoms with Gasteiger partial charge < -0.3 is 0 Å². The molecule has 0 spiro atoms. The summed E-state index contributed by atoms with van der Waals surface area (Å²) >= 11 is 0. The Balaban J connectivity index is 2.13. The Morgan fingerprint density at radius 2 is 2.38 bits per heavy atom. The molecule has 3 fully saturated rings. The maximum absolute atomic E-state index is 1.93. The molecular weight excluding hydrogens is 96.1 g/mol. The van der Waals surface area contributed by atoms with Crippen LogP contribution in [0.1, 0.15) is 12.8 Å². The van der Waals surface area contributed by atoms with Crippen molar-refractivity contribution in [1.82, 2.24) is 0 Å². The second kappa shape index (κ2) is 0.570. The fourth-order valence-corrected chi connectivity index (χ4v) is 3.46. The van der Waals surface area contributed by atoms with Crippen molar-refractivity contribution in [2.45, 2.75) is 12.8 Å². The molecular formula is C8H8. The predicted molar refractivity (Wildman–Crippen MR) is 30.2 cm³/mol. The van der Waals surface area contributed by atoms with Gasteiger partial charge in [-0.15, -0.1) is 0 Å². The van der Waals surface area contributed by atoms with E-state index in [-0.39, 0.29) is 0 Å². The first kappa shape index (κ1) is 3.05. The molecule has 0 nitrogen and oxygen atoms in total. The van der Waals surface area contributed by atoms with Crippen molar-refractivity contribution < 1.29 is 0 Å². The molecule has 0 saturated heterocycles. The zero-order valence-corrected chi connectivity index (χ0v) is 4.72. The van der Waals surface area contributed by atoms with Gasteiger partial charge in [0.25, 0.3) is 0 Å². The molecule has 0 bridgehead atoms. The lowest BCUT2D eigenvalue weighted by Gasteiger charge is -2.50. The standard InChI is InChI=1S/C8H8/c1-3-2-5-7-4(1)6(3)8(5)7/h3-4,6,8H,1-2H2. The van der Waals surface area contributed by atoms with Crippen LogP contribution in [0.25, 0.3) is 0 Å². The van der Waals surface area contributed by atoms with Crippen LogP contribution in [0, 0.1) is 23.7 Å². The monoisotopic (exact) mass is 104 g/mol. The van der Waals surface area contributed by atoms with Crippen LogP contribution < -0.4 is 0 Å². The highest BCUT2D eigenvalue weighted by Crippen LogP contribution is 2.81. The van der Waals surface area contributed by atoms with Crippen molar-refractivity contribution in [3.05, 3.63) is 11.1 Å². The normalized spacial score (nSPS) is 69.0. The lowest BCUT2D eigenvalue weighted by Crippen LogP contribution is -2.44. The summed E-state index contributed by atoms with van der Waals surface area (Å²) in [4.78, 5) is 0. The SMILES string of the molecule is C1C2=C3C4CC1C4C23. The van der Waals surface area contributed by atoms with Crippen LogP contribution in [0.4, 0.5) is 0 Å². The number of fused-ring (bicyclic) bond motifs is 1. The number of hydrogen-bond acceptors (Lipinski definition) is 0. The second-order valence-corrected chi connectivity index (χ2v) is 3.84. The Hall–Kier alpha value is -0.260. The highest BCUT2D eigenvalue weighted by Gasteiger charge is 2.72. The van der Waals surface area contributed by atoms with Gasteiger partial charge in [-0.1, -0.05) is 11.1 Å². The molecule has 4 aliphatic rings. The molecule has 0 aromatic carbocycles.